The Labute approximate surface area is 104 Å². The lowest BCUT2D eigenvalue weighted by molar-refractivity contribution is -0.118. The highest BCUT2D eigenvalue weighted by Crippen LogP contribution is 2.23. The van der Waals surface area contributed by atoms with E-state index in [-0.39, 0.29) is 12.5 Å². The van der Waals surface area contributed by atoms with Crippen LogP contribution in [-0.2, 0) is 9.59 Å². The van der Waals surface area contributed by atoms with Crippen LogP contribution >= 0.6 is 0 Å². The summed E-state index contributed by atoms with van der Waals surface area (Å²) in [5, 5.41) is 5.02. The molecular weight excluding hydrogens is 232 g/mol. The van der Waals surface area contributed by atoms with Gasteiger partial charge in [0.2, 0.25) is 5.91 Å². The quantitative estimate of drug-likeness (QED) is 0.549. The third kappa shape index (κ3) is 2.38. The molecule has 0 fully saturated rings. The monoisotopic (exact) mass is 242 g/mol. The maximum absolute atomic E-state index is 11.3. The standard InChI is InChI=1S/C13H10N2O3/c1-8(16)14-6-2-3-9-4-5-10-11(7-9)15-13(18)12(10)17/h4-5,7H,6H2,1H3,(H,14,16)(H,15,17,18). The minimum absolute atomic E-state index is 0.142. The van der Waals surface area contributed by atoms with Crippen LogP contribution in [0.4, 0.5) is 5.69 Å². The van der Waals surface area contributed by atoms with Gasteiger partial charge in [-0.15, -0.1) is 0 Å². The van der Waals surface area contributed by atoms with Crippen molar-refractivity contribution in [3.8, 4) is 11.8 Å². The Kier molecular flexibility index (Phi) is 3.11. The smallest absolute Gasteiger partial charge is 0.296 e. The Balaban J connectivity index is 2.14. The van der Waals surface area contributed by atoms with Gasteiger partial charge in [0.1, 0.15) is 0 Å². The average Bonchev–Trinajstić information content (AvgIpc) is 2.60. The Morgan fingerprint density at radius 3 is 2.89 bits per heavy atom. The zero-order valence-electron chi connectivity index (χ0n) is 9.66. The number of hydrogen-bond donors (Lipinski definition) is 2. The SMILES string of the molecule is CC(=O)NCC#Cc1ccc2c(c1)NC(=O)C2=O. The second kappa shape index (κ2) is 4.72. The van der Waals surface area contributed by atoms with E-state index < -0.39 is 11.7 Å². The Morgan fingerprint density at radius 1 is 1.39 bits per heavy atom. The highest BCUT2D eigenvalue weighted by atomic mass is 16.2. The van der Waals surface area contributed by atoms with E-state index >= 15 is 0 Å². The molecule has 0 unspecified atom stereocenters. The first-order valence-electron chi connectivity index (χ1n) is 5.31. The lowest BCUT2D eigenvalue weighted by Gasteiger charge is -1.97. The highest BCUT2D eigenvalue weighted by Gasteiger charge is 2.27. The Bertz CT molecular complexity index is 608. The number of rotatable bonds is 1. The number of fused-ring (bicyclic) bond motifs is 1. The molecular formula is C13H10N2O3. The first-order chi connectivity index (χ1) is 8.58. The van der Waals surface area contributed by atoms with E-state index in [2.05, 4.69) is 22.5 Å². The molecule has 5 nitrogen and oxygen atoms in total. The Morgan fingerprint density at radius 2 is 2.17 bits per heavy atom. The summed E-state index contributed by atoms with van der Waals surface area (Å²) in [7, 11) is 0. The molecule has 1 aliphatic rings. The average molecular weight is 242 g/mol. The van der Waals surface area contributed by atoms with Crippen molar-refractivity contribution >= 4 is 23.3 Å². The van der Waals surface area contributed by atoms with Gasteiger partial charge in [-0.1, -0.05) is 11.8 Å². The van der Waals surface area contributed by atoms with Crippen molar-refractivity contribution in [2.45, 2.75) is 6.92 Å². The number of hydrogen-bond acceptors (Lipinski definition) is 3. The number of nitrogens with one attached hydrogen (secondary N) is 2. The Hall–Kier alpha value is -2.61. The number of amides is 2. The summed E-state index contributed by atoms with van der Waals surface area (Å²) in [6.07, 6.45) is 0. The minimum atomic E-state index is -0.617. The van der Waals surface area contributed by atoms with Crippen molar-refractivity contribution in [2.75, 3.05) is 11.9 Å². The first-order valence-corrected chi connectivity index (χ1v) is 5.31. The summed E-state index contributed by atoms with van der Waals surface area (Å²) >= 11 is 0. The predicted octanol–water partition coefficient (Wildman–Crippen LogP) is 0.309. The number of benzene rings is 1. The van der Waals surface area contributed by atoms with E-state index in [1.165, 1.54) is 6.92 Å². The zero-order chi connectivity index (χ0) is 13.1. The molecule has 18 heavy (non-hydrogen) atoms. The van der Waals surface area contributed by atoms with Crippen molar-refractivity contribution in [3.63, 3.8) is 0 Å². The van der Waals surface area contributed by atoms with Crippen LogP contribution < -0.4 is 10.6 Å². The molecule has 1 aromatic rings. The van der Waals surface area contributed by atoms with Crippen molar-refractivity contribution < 1.29 is 14.4 Å². The van der Waals surface area contributed by atoms with Gasteiger partial charge >= 0.3 is 0 Å². The van der Waals surface area contributed by atoms with E-state index in [1.807, 2.05) is 0 Å². The van der Waals surface area contributed by atoms with Crippen LogP contribution in [0.3, 0.4) is 0 Å². The molecule has 0 bridgehead atoms. The van der Waals surface area contributed by atoms with Crippen LogP contribution in [0.5, 0.6) is 0 Å². The third-order valence-corrected chi connectivity index (χ3v) is 2.38. The van der Waals surface area contributed by atoms with Crippen LogP contribution in [0.2, 0.25) is 0 Å². The van der Waals surface area contributed by atoms with Crippen LogP contribution in [0.1, 0.15) is 22.8 Å². The molecule has 1 aliphatic heterocycles. The molecule has 0 spiro atoms. The predicted molar refractivity (Wildman–Crippen MR) is 65.0 cm³/mol. The molecule has 0 aliphatic carbocycles. The van der Waals surface area contributed by atoms with Crippen molar-refractivity contribution in [1.82, 2.24) is 5.32 Å². The molecule has 2 rings (SSSR count). The number of anilines is 1. The molecule has 1 aromatic carbocycles. The molecule has 90 valence electrons. The van der Waals surface area contributed by atoms with Crippen LogP contribution in [0.15, 0.2) is 18.2 Å². The third-order valence-electron chi connectivity index (χ3n) is 2.38. The molecule has 1 heterocycles. The topological polar surface area (TPSA) is 75.3 Å². The number of carbonyl (C=O) groups is 3. The summed E-state index contributed by atoms with van der Waals surface area (Å²) in [6, 6.07) is 4.87. The summed E-state index contributed by atoms with van der Waals surface area (Å²) in [5.41, 5.74) is 1.53. The molecule has 2 N–H and O–H groups in total. The van der Waals surface area contributed by atoms with Crippen LogP contribution in [0, 0.1) is 11.8 Å². The van der Waals surface area contributed by atoms with Crippen LogP contribution in [0.25, 0.3) is 0 Å². The molecule has 0 radical (unpaired) electrons. The largest absolute Gasteiger partial charge is 0.345 e. The van der Waals surface area contributed by atoms with Gasteiger partial charge in [-0.25, -0.2) is 0 Å². The molecule has 0 saturated heterocycles. The number of carbonyl (C=O) groups excluding carboxylic acids is 3. The number of ketones is 1. The van der Waals surface area contributed by atoms with Crippen molar-refractivity contribution in [1.29, 1.82) is 0 Å². The fourth-order valence-electron chi connectivity index (χ4n) is 1.54. The summed E-state index contributed by atoms with van der Waals surface area (Å²) < 4.78 is 0. The van der Waals surface area contributed by atoms with Crippen molar-refractivity contribution in [3.05, 3.63) is 29.3 Å². The van der Waals surface area contributed by atoms with E-state index in [9.17, 15) is 14.4 Å². The van der Waals surface area contributed by atoms with Gasteiger partial charge in [0.05, 0.1) is 17.8 Å². The second-order valence-corrected chi connectivity index (χ2v) is 3.76. The molecule has 0 saturated carbocycles. The lowest BCUT2D eigenvalue weighted by atomic mass is 10.1. The summed E-state index contributed by atoms with van der Waals surface area (Å²) in [6.45, 7) is 1.68. The maximum Gasteiger partial charge on any atom is 0.296 e. The first kappa shape index (κ1) is 11.9. The summed E-state index contributed by atoms with van der Waals surface area (Å²) in [4.78, 5) is 33.1. The number of Topliss-reactive ketones (excluding diaryl/α,β-unsaturated/α-hetero) is 1. The molecule has 5 heteroatoms. The van der Waals surface area contributed by atoms with Gasteiger partial charge in [-0.05, 0) is 18.2 Å². The normalized spacial score (nSPS) is 12.3. The van der Waals surface area contributed by atoms with E-state index in [0.29, 0.717) is 16.8 Å². The van der Waals surface area contributed by atoms with Gasteiger partial charge in [-0.2, -0.15) is 0 Å². The second-order valence-electron chi connectivity index (χ2n) is 3.76. The minimum Gasteiger partial charge on any atom is -0.345 e. The lowest BCUT2D eigenvalue weighted by Crippen LogP contribution is -2.19. The van der Waals surface area contributed by atoms with Gasteiger partial charge < -0.3 is 10.6 Å². The molecule has 0 aromatic heterocycles. The van der Waals surface area contributed by atoms with Gasteiger partial charge in [-0.3, -0.25) is 14.4 Å². The van der Waals surface area contributed by atoms with Gasteiger partial charge in [0.25, 0.3) is 11.7 Å². The fraction of sp³-hybridized carbons (Fsp3) is 0.154. The van der Waals surface area contributed by atoms with Crippen LogP contribution in [-0.4, -0.2) is 24.1 Å². The van der Waals surface area contributed by atoms with E-state index in [4.69, 9.17) is 0 Å². The molecule has 2 amide bonds. The highest BCUT2D eigenvalue weighted by molar-refractivity contribution is 6.51. The fourth-order valence-corrected chi connectivity index (χ4v) is 1.54. The van der Waals surface area contributed by atoms with E-state index in [1.54, 1.807) is 18.2 Å². The van der Waals surface area contributed by atoms with Gasteiger partial charge in [0.15, 0.2) is 0 Å². The zero-order valence-corrected chi connectivity index (χ0v) is 9.66. The van der Waals surface area contributed by atoms with E-state index in [0.717, 1.165) is 0 Å². The maximum atomic E-state index is 11.3. The molecule has 0 atom stereocenters. The summed E-state index contributed by atoms with van der Waals surface area (Å²) in [5.74, 6) is 4.31. The van der Waals surface area contributed by atoms with Crippen molar-refractivity contribution in [2.24, 2.45) is 0 Å². The van der Waals surface area contributed by atoms with Gasteiger partial charge in [0, 0.05) is 12.5 Å².